The maximum atomic E-state index is 13.3. The van der Waals surface area contributed by atoms with Gasteiger partial charge in [-0.15, -0.1) is 0 Å². The highest BCUT2D eigenvalue weighted by atomic mass is 19.1. The van der Waals surface area contributed by atoms with E-state index in [-0.39, 0.29) is 6.04 Å². The summed E-state index contributed by atoms with van der Waals surface area (Å²) in [6.07, 6.45) is 0. The summed E-state index contributed by atoms with van der Waals surface area (Å²) in [5, 5.41) is 3.00. The molecule has 4 heteroatoms. The highest BCUT2D eigenvalue weighted by Crippen LogP contribution is 2.32. The standard InChI is InChI=1S/C10H12F2N2/c1-6-5-14(2)9-4-7(11)3-8(12)10(9)13-6/h3-4,6,13H,5H2,1-2H3. The van der Waals surface area contributed by atoms with Crippen molar-refractivity contribution in [1.29, 1.82) is 0 Å². The van der Waals surface area contributed by atoms with E-state index in [2.05, 4.69) is 5.32 Å². The first-order valence-electron chi connectivity index (χ1n) is 4.54. The van der Waals surface area contributed by atoms with Gasteiger partial charge in [0.25, 0.3) is 0 Å². The van der Waals surface area contributed by atoms with Crippen LogP contribution < -0.4 is 10.2 Å². The van der Waals surface area contributed by atoms with Gasteiger partial charge in [0.05, 0.1) is 11.4 Å². The van der Waals surface area contributed by atoms with Crippen molar-refractivity contribution in [2.24, 2.45) is 0 Å². The van der Waals surface area contributed by atoms with E-state index in [9.17, 15) is 8.78 Å². The normalized spacial score (nSPS) is 20.3. The van der Waals surface area contributed by atoms with Crippen LogP contribution in [0.1, 0.15) is 6.92 Å². The Morgan fingerprint density at radius 2 is 2.14 bits per heavy atom. The van der Waals surface area contributed by atoms with Crippen LogP contribution in [0.3, 0.4) is 0 Å². The number of anilines is 2. The van der Waals surface area contributed by atoms with Crippen molar-refractivity contribution in [1.82, 2.24) is 0 Å². The van der Waals surface area contributed by atoms with E-state index in [0.717, 1.165) is 12.6 Å². The van der Waals surface area contributed by atoms with Gasteiger partial charge in [-0.1, -0.05) is 0 Å². The number of hydrogen-bond donors (Lipinski definition) is 1. The molecular weight excluding hydrogens is 186 g/mol. The van der Waals surface area contributed by atoms with Crippen LogP contribution in [0.15, 0.2) is 12.1 Å². The lowest BCUT2D eigenvalue weighted by molar-refractivity contribution is 0.577. The van der Waals surface area contributed by atoms with Gasteiger partial charge in [-0.05, 0) is 13.0 Å². The molecule has 0 aromatic heterocycles. The molecule has 1 atom stereocenters. The average molecular weight is 198 g/mol. The second-order valence-electron chi connectivity index (χ2n) is 3.71. The highest BCUT2D eigenvalue weighted by Gasteiger charge is 2.22. The molecule has 1 aliphatic heterocycles. The molecule has 0 spiro atoms. The molecule has 2 rings (SSSR count). The Morgan fingerprint density at radius 3 is 2.86 bits per heavy atom. The molecule has 0 saturated heterocycles. The topological polar surface area (TPSA) is 15.3 Å². The Balaban J connectivity index is 2.53. The van der Waals surface area contributed by atoms with Crippen LogP contribution in [-0.4, -0.2) is 19.6 Å². The van der Waals surface area contributed by atoms with Crippen molar-refractivity contribution in [2.75, 3.05) is 23.8 Å². The molecule has 0 saturated carbocycles. The minimum Gasteiger partial charge on any atom is -0.377 e. The summed E-state index contributed by atoms with van der Waals surface area (Å²) in [6, 6.07) is 2.42. The second-order valence-corrected chi connectivity index (χ2v) is 3.71. The maximum absolute atomic E-state index is 13.3. The van der Waals surface area contributed by atoms with Gasteiger partial charge in [0.15, 0.2) is 5.82 Å². The zero-order chi connectivity index (χ0) is 10.3. The van der Waals surface area contributed by atoms with E-state index in [4.69, 9.17) is 0 Å². The SMILES string of the molecule is CC1CN(C)c2cc(F)cc(F)c2N1. The summed E-state index contributed by atoms with van der Waals surface area (Å²) >= 11 is 0. The molecule has 0 amide bonds. The lowest BCUT2D eigenvalue weighted by atomic mass is 10.1. The van der Waals surface area contributed by atoms with Gasteiger partial charge >= 0.3 is 0 Å². The molecule has 1 heterocycles. The first-order chi connectivity index (χ1) is 6.58. The summed E-state index contributed by atoms with van der Waals surface area (Å²) in [6.45, 7) is 2.71. The number of rotatable bonds is 0. The van der Waals surface area contributed by atoms with Gasteiger partial charge in [0.1, 0.15) is 5.82 Å². The lowest BCUT2D eigenvalue weighted by Gasteiger charge is -2.33. The third-order valence-corrected chi connectivity index (χ3v) is 2.38. The zero-order valence-corrected chi connectivity index (χ0v) is 8.14. The number of likely N-dealkylation sites (N-methyl/N-ethyl adjacent to an activating group) is 1. The molecule has 0 bridgehead atoms. The molecule has 1 aliphatic rings. The van der Waals surface area contributed by atoms with Gasteiger partial charge in [-0.2, -0.15) is 0 Å². The Kier molecular flexibility index (Phi) is 2.06. The first-order valence-corrected chi connectivity index (χ1v) is 4.54. The van der Waals surface area contributed by atoms with E-state index >= 15 is 0 Å². The number of hydrogen-bond acceptors (Lipinski definition) is 2. The first kappa shape index (κ1) is 9.24. The largest absolute Gasteiger partial charge is 0.377 e. The average Bonchev–Trinajstić information content (AvgIpc) is 2.07. The molecular formula is C10H12F2N2. The Bertz CT molecular complexity index is 365. The minimum atomic E-state index is -0.538. The second kappa shape index (κ2) is 3.12. The van der Waals surface area contributed by atoms with Crippen molar-refractivity contribution in [3.63, 3.8) is 0 Å². The fourth-order valence-corrected chi connectivity index (χ4v) is 1.81. The van der Waals surface area contributed by atoms with Crippen LogP contribution in [0, 0.1) is 11.6 Å². The quantitative estimate of drug-likeness (QED) is 0.687. The molecule has 2 nitrogen and oxygen atoms in total. The van der Waals surface area contributed by atoms with E-state index in [0.29, 0.717) is 11.4 Å². The van der Waals surface area contributed by atoms with Crippen molar-refractivity contribution < 1.29 is 8.78 Å². The van der Waals surface area contributed by atoms with E-state index in [1.807, 2.05) is 18.9 Å². The number of halogens is 2. The Labute approximate surface area is 81.5 Å². The smallest absolute Gasteiger partial charge is 0.151 e. The minimum absolute atomic E-state index is 0.174. The van der Waals surface area contributed by atoms with Crippen LogP contribution in [0.2, 0.25) is 0 Å². The summed E-state index contributed by atoms with van der Waals surface area (Å²) in [5.41, 5.74) is 0.980. The lowest BCUT2D eigenvalue weighted by Crippen LogP contribution is -2.37. The molecule has 1 aromatic carbocycles. The molecule has 0 aliphatic carbocycles. The molecule has 0 fully saturated rings. The van der Waals surface area contributed by atoms with E-state index in [1.165, 1.54) is 6.07 Å². The van der Waals surface area contributed by atoms with Gasteiger partial charge in [-0.3, -0.25) is 0 Å². The van der Waals surface area contributed by atoms with Crippen LogP contribution in [0.5, 0.6) is 0 Å². The molecule has 1 aromatic rings. The number of benzene rings is 1. The Morgan fingerprint density at radius 1 is 1.43 bits per heavy atom. The van der Waals surface area contributed by atoms with Gasteiger partial charge in [-0.25, -0.2) is 8.78 Å². The monoisotopic (exact) mass is 198 g/mol. The van der Waals surface area contributed by atoms with Gasteiger partial charge < -0.3 is 10.2 Å². The predicted molar refractivity (Wildman–Crippen MR) is 52.7 cm³/mol. The fourth-order valence-electron chi connectivity index (χ4n) is 1.81. The highest BCUT2D eigenvalue weighted by molar-refractivity contribution is 5.73. The van der Waals surface area contributed by atoms with Gasteiger partial charge in [0.2, 0.25) is 0 Å². The zero-order valence-electron chi connectivity index (χ0n) is 8.14. The van der Waals surface area contributed by atoms with Crippen LogP contribution in [0.4, 0.5) is 20.2 Å². The molecule has 0 radical (unpaired) electrons. The van der Waals surface area contributed by atoms with Crippen molar-refractivity contribution in [3.8, 4) is 0 Å². The third-order valence-electron chi connectivity index (χ3n) is 2.38. The number of fused-ring (bicyclic) bond motifs is 1. The van der Waals surface area contributed by atoms with Crippen molar-refractivity contribution in [2.45, 2.75) is 13.0 Å². The van der Waals surface area contributed by atoms with E-state index in [1.54, 1.807) is 0 Å². The van der Waals surface area contributed by atoms with Gasteiger partial charge in [0, 0.05) is 25.7 Å². The maximum Gasteiger partial charge on any atom is 0.151 e. The summed E-state index contributed by atoms with van der Waals surface area (Å²) in [7, 11) is 1.83. The van der Waals surface area contributed by atoms with Crippen LogP contribution >= 0.6 is 0 Å². The molecule has 76 valence electrons. The molecule has 1 unspecified atom stereocenters. The van der Waals surface area contributed by atoms with Crippen molar-refractivity contribution >= 4 is 11.4 Å². The summed E-state index contributed by atoms with van der Waals surface area (Å²) < 4.78 is 26.3. The Hall–Kier alpha value is -1.32. The van der Waals surface area contributed by atoms with E-state index < -0.39 is 11.6 Å². The van der Waals surface area contributed by atoms with Crippen LogP contribution in [0.25, 0.3) is 0 Å². The third kappa shape index (κ3) is 1.41. The number of nitrogens with zero attached hydrogens (tertiary/aromatic N) is 1. The molecule has 1 N–H and O–H groups in total. The van der Waals surface area contributed by atoms with Crippen LogP contribution in [-0.2, 0) is 0 Å². The summed E-state index contributed by atoms with van der Waals surface area (Å²) in [4.78, 5) is 1.85. The number of nitrogens with one attached hydrogen (secondary N) is 1. The van der Waals surface area contributed by atoms with Crippen molar-refractivity contribution in [3.05, 3.63) is 23.8 Å². The molecule has 14 heavy (non-hydrogen) atoms. The fraction of sp³-hybridized carbons (Fsp3) is 0.400. The predicted octanol–water partition coefficient (Wildman–Crippen LogP) is 2.21. The summed E-state index contributed by atoms with van der Waals surface area (Å²) in [5.74, 6) is -1.07.